The summed E-state index contributed by atoms with van der Waals surface area (Å²) >= 11 is 0. The number of benzene rings is 1. The quantitative estimate of drug-likeness (QED) is 0.683. The van der Waals surface area contributed by atoms with Crippen LogP contribution in [0.5, 0.6) is 0 Å². The molecule has 0 aliphatic rings. The number of sulfonamides is 1. The normalized spacial score (nSPS) is 12.0. The van der Waals surface area contributed by atoms with Crippen LogP contribution >= 0.6 is 0 Å². The van der Waals surface area contributed by atoms with Gasteiger partial charge in [-0.1, -0.05) is 19.1 Å². The minimum Gasteiger partial charge on any atom is -0.472 e. The number of hydrogen-bond acceptors (Lipinski definition) is 5. The van der Waals surface area contributed by atoms with Crippen molar-refractivity contribution in [3.8, 4) is 11.3 Å². The van der Waals surface area contributed by atoms with E-state index in [1.54, 1.807) is 49.8 Å². The molecule has 0 N–H and O–H groups in total. The summed E-state index contributed by atoms with van der Waals surface area (Å²) in [5.74, 6) is 0.568. The second kappa shape index (κ2) is 6.62. The van der Waals surface area contributed by atoms with Crippen LogP contribution in [0.3, 0.4) is 0 Å². The molecule has 0 amide bonds. The molecule has 0 aliphatic carbocycles. The zero-order valence-electron chi connectivity index (χ0n) is 13.5. The summed E-state index contributed by atoms with van der Waals surface area (Å²) in [5.41, 5.74) is 2.31. The fourth-order valence-electron chi connectivity index (χ4n) is 2.40. The zero-order valence-corrected chi connectivity index (χ0v) is 14.3. The third-order valence-corrected chi connectivity index (χ3v) is 5.63. The van der Waals surface area contributed by atoms with Crippen LogP contribution < -0.4 is 0 Å². The smallest absolute Gasteiger partial charge is 0.243 e. The van der Waals surface area contributed by atoms with E-state index in [0.717, 1.165) is 11.1 Å². The Morgan fingerprint density at radius 3 is 2.42 bits per heavy atom. The number of aryl methyl sites for hydroxylation is 1. The number of hydrogen-bond donors (Lipinski definition) is 0. The Balaban J connectivity index is 1.85. The first-order valence-electron chi connectivity index (χ1n) is 7.54. The number of rotatable bonds is 6. The van der Waals surface area contributed by atoms with Crippen molar-refractivity contribution in [1.29, 1.82) is 0 Å². The predicted octanol–water partition coefficient (Wildman–Crippen LogP) is 3.45. The molecule has 0 aliphatic heterocycles. The molecule has 0 atom stereocenters. The van der Waals surface area contributed by atoms with Crippen molar-refractivity contribution in [2.75, 3.05) is 6.54 Å². The Kier molecular flexibility index (Phi) is 4.55. The third kappa shape index (κ3) is 3.27. The maximum absolute atomic E-state index is 12.8. The number of nitrogens with zero attached hydrogens (tertiary/aromatic N) is 2. The Bertz CT molecular complexity index is 896. The summed E-state index contributed by atoms with van der Waals surface area (Å²) in [7, 11) is -3.57. The maximum atomic E-state index is 12.8. The molecule has 2 aromatic heterocycles. The molecule has 2 heterocycles. The van der Waals surface area contributed by atoms with Gasteiger partial charge in [0.05, 0.1) is 17.4 Å². The highest BCUT2D eigenvalue weighted by molar-refractivity contribution is 7.89. The van der Waals surface area contributed by atoms with E-state index in [1.165, 1.54) is 10.6 Å². The Hall–Kier alpha value is -2.38. The van der Waals surface area contributed by atoms with E-state index < -0.39 is 10.0 Å². The van der Waals surface area contributed by atoms with Gasteiger partial charge in [0.15, 0.2) is 5.89 Å². The molecule has 7 heteroatoms. The standard InChI is InChI=1S/C17H18N2O4S/c1-3-19(10-14-8-9-22-11-14)24(20,21)16-6-4-15(5-7-16)17-12-23-13(2)18-17/h4-9,11-12H,3,10H2,1-2H3. The van der Waals surface area contributed by atoms with Crippen molar-refractivity contribution in [3.05, 3.63) is 60.6 Å². The van der Waals surface area contributed by atoms with Crippen LogP contribution in [-0.2, 0) is 16.6 Å². The molecular weight excluding hydrogens is 328 g/mol. The topological polar surface area (TPSA) is 76.6 Å². The van der Waals surface area contributed by atoms with E-state index >= 15 is 0 Å². The molecule has 0 saturated heterocycles. The Morgan fingerprint density at radius 1 is 1.12 bits per heavy atom. The van der Waals surface area contributed by atoms with E-state index in [2.05, 4.69) is 4.98 Å². The van der Waals surface area contributed by atoms with Crippen LogP contribution in [0.2, 0.25) is 0 Å². The zero-order chi connectivity index (χ0) is 17.2. The van der Waals surface area contributed by atoms with Crippen molar-refractivity contribution in [2.24, 2.45) is 0 Å². The molecule has 0 unspecified atom stereocenters. The highest BCUT2D eigenvalue weighted by atomic mass is 32.2. The van der Waals surface area contributed by atoms with E-state index in [9.17, 15) is 8.42 Å². The van der Waals surface area contributed by atoms with Crippen molar-refractivity contribution in [2.45, 2.75) is 25.3 Å². The fraction of sp³-hybridized carbons (Fsp3) is 0.235. The van der Waals surface area contributed by atoms with E-state index in [-0.39, 0.29) is 11.4 Å². The minimum absolute atomic E-state index is 0.247. The molecule has 0 radical (unpaired) electrons. The van der Waals surface area contributed by atoms with Gasteiger partial charge in [0.25, 0.3) is 0 Å². The molecule has 0 fully saturated rings. The first-order valence-corrected chi connectivity index (χ1v) is 8.98. The van der Waals surface area contributed by atoms with Crippen LogP contribution in [0.15, 0.2) is 62.9 Å². The number of aromatic nitrogens is 1. The predicted molar refractivity (Wildman–Crippen MR) is 88.7 cm³/mol. The highest BCUT2D eigenvalue weighted by Gasteiger charge is 2.23. The monoisotopic (exact) mass is 346 g/mol. The van der Waals surface area contributed by atoms with Gasteiger partial charge in [0.2, 0.25) is 10.0 Å². The summed E-state index contributed by atoms with van der Waals surface area (Å²) < 4.78 is 37.2. The van der Waals surface area contributed by atoms with Gasteiger partial charge in [-0.15, -0.1) is 0 Å². The lowest BCUT2D eigenvalue weighted by Crippen LogP contribution is -2.30. The van der Waals surface area contributed by atoms with Crippen molar-refractivity contribution in [1.82, 2.24) is 9.29 Å². The Labute approximate surface area is 140 Å². The van der Waals surface area contributed by atoms with Crippen molar-refractivity contribution in [3.63, 3.8) is 0 Å². The highest BCUT2D eigenvalue weighted by Crippen LogP contribution is 2.23. The minimum atomic E-state index is -3.57. The van der Waals surface area contributed by atoms with Crippen LogP contribution in [0.25, 0.3) is 11.3 Å². The average molecular weight is 346 g/mol. The van der Waals surface area contributed by atoms with Crippen LogP contribution in [0.1, 0.15) is 18.4 Å². The van der Waals surface area contributed by atoms with Crippen molar-refractivity contribution < 1.29 is 17.3 Å². The van der Waals surface area contributed by atoms with Gasteiger partial charge in [-0.05, 0) is 18.2 Å². The van der Waals surface area contributed by atoms with Gasteiger partial charge in [-0.2, -0.15) is 4.31 Å². The molecule has 3 aromatic rings. The van der Waals surface area contributed by atoms with Crippen molar-refractivity contribution >= 4 is 10.0 Å². The SMILES string of the molecule is CCN(Cc1ccoc1)S(=O)(=O)c1ccc(-c2coc(C)n2)cc1. The number of furan rings is 1. The molecule has 126 valence electrons. The summed E-state index contributed by atoms with van der Waals surface area (Å²) in [6, 6.07) is 8.40. The molecule has 24 heavy (non-hydrogen) atoms. The molecular formula is C17H18N2O4S. The van der Waals surface area contributed by atoms with Gasteiger partial charge >= 0.3 is 0 Å². The molecule has 3 rings (SSSR count). The molecule has 1 aromatic carbocycles. The molecule has 6 nitrogen and oxygen atoms in total. The van der Waals surface area contributed by atoms with E-state index in [4.69, 9.17) is 8.83 Å². The Morgan fingerprint density at radius 2 is 1.88 bits per heavy atom. The van der Waals surface area contributed by atoms with E-state index in [1.807, 2.05) is 6.92 Å². The lowest BCUT2D eigenvalue weighted by Gasteiger charge is -2.19. The molecule has 0 saturated carbocycles. The number of oxazole rings is 1. The second-order valence-corrected chi connectivity index (χ2v) is 7.28. The van der Waals surface area contributed by atoms with Gasteiger partial charge in [-0.3, -0.25) is 0 Å². The second-order valence-electron chi connectivity index (χ2n) is 5.34. The van der Waals surface area contributed by atoms with Gasteiger partial charge < -0.3 is 8.83 Å². The molecule has 0 spiro atoms. The van der Waals surface area contributed by atoms with Crippen LogP contribution in [0.4, 0.5) is 0 Å². The summed E-state index contributed by atoms with van der Waals surface area (Å²) in [4.78, 5) is 4.48. The van der Waals surface area contributed by atoms with Gasteiger partial charge in [0, 0.05) is 31.1 Å². The van der Waals surface area contributed by atoms with Gasteiger partial charge in [-0.25, -0.2) is 13.4 Å². The average Bonchev–Trinajstić information content (AvgIpc) is 3.24. The van der Waals surface area contributed by atoms with E-state index in [0.29, 0.717) is 18.1 Å². The molecule has 0 bridgehead atoms. The summed E-state index contributed by atoms with van der Waals surface area (Å²) in [6.07, 6.45) is 4.63. The lowest BCUT2D eigenvalue weighted by molar-refractivity contribution is 0.421. The first-order chi connectivity index (χ1) is 11.5. The fourth-order valence-corrected chi connectivity index (χ4v) is 3.83. The summed E-state index contributed by atoms with van der Waals surface area (Å²) in [5, 5.41) is 0. The largest absolute Gasteiger partial charge is 0.472 e. The van der Waals surface area contributed by atoms with Crippen LogP contribution in [-0.4, -0.2) is 24.3 Å². The maximum Gasteiger partial charge on any atom is 0.243 e. The van der Waals surface area contributed by atoms with Crippen LogP contribution in [0, 0.1) is 6.92 Å². The lowest BCUT2D eigenvalue weighted by atomic mass is 10.2. The summed E-state index contributed by atoms with van der Waals surface area (Å²) in [6.45, 7) is 4.22. The first kappa shape index (κ1) is 16.5. The van der Waals surface area contributed by atoms with Gasteiger partial charge in [0.1, 0.15) is 12.0 Å². The third-order valence-electron chi connectivity index (χ3n) is 3.70.